The van der Waals surface area contributed by atoms with Crippen LogP contribution in [0.4, 0.5) is 0 Å². The zero-order chi connectivity index (χ0) is 30.2. The van der Waals surface area contributed by atoms with E-state index in [1.54, 1.807) is 0 Å². The number of Topliss-reactive ketones (excluding diaryl/α,β-unsaturated/α-hetero) is 1. The molecule has 0 bridgehead atoms. The molecule has 9 heteroatoms. The summed E-state index contributed by atoms with van der Waals surface area (Å²) < 4.78 is 13.6. The lowest BCUT2D eigenvalue weighted by molar-refractivity contribution is -0.132. The van der Waals surface area contributed by atoms with Crippen LogP contribution in [0.25, 0.3) is 10.9 Å². The summed E-state index contributed by atoms with van der Waals surface area (Å²) in [5.74, 6) is 1.03. The Balaban J connectivity index is 0.00000506. The van der Waals surface area contributed by atoms with Gasteiger partial charge in [0.2, 0.25) is 5.91 Å². The Labute approximate surface area is 253 Å². The second kappa shape index (κ2) is 15.4. The van der Waals surface area contributed by atoms with E-state index in [1.165, 1.54) is 22.2 Å². The molecular weight excluding hydrogens is 530 g/mol. The number of carbonyl (C=O) groups is 2. The van der Waals surface area contributed by atoms with Crippen molar-refractivity contribution in [2.24, 2.45) is 11.8 Å². The molecule has 0 radical (unpaired) electrons. The molecule has 0 saturated carbocycles. The quantitative estimate of drug-likeness (QED) is 0.309. The summed E-state index contributed by atoms with van der Waals surface area (Å²) in [5.41, 5.74) is 4.01. The lowest BCUT2D eigenvalue weighted by Crippen LogP contribution is -2.46. The van der Waals surface area contributed by atoms with Crippen molar-refractivity contribution in [1.82, 2.24) is 24.8 Å². The number of nitrogens with zero attached hydrogens (tertiary/aromatic N) is 4. The van der Waals surface area contributed by atoms with Crippen LogP contribution in [0.3, 0.4) is 0 Å². The van der Waals surface area contributed by atoms with Crippen LogP contribution in [0.15, 0.2) is 24.3 Å². The summed E-state index contributed by atoms with van der Waals surface area (Å²) in [7, 11) is 4.34. The van der Waals surface area contributed by atoms with Crippen molar-refractivity contribution in [2.45, 2.75) is 78.6 Å². The number of hydrogen-bond acceptors (Lipinski definition) is 7. The Bertz CT molecular complexity index is 1180. The molecule has 2 aliphatic heterocycles. The fraction of sp³-hybridized carbons (Fsp3) is 0.697. The number of piperidine rings is 1. The van der Waals surface area contributed by atoms with Crippen LogP contribution in [0.2, 0.25) is 0 Å². The molecular formula is C33H55N5O4. The molecule has 1 N–H and O–H groups in total. The molecule has 0 aliphatic carbocycles. The van der Waals surface area contributed by atoms with Gasteiger partial charge >= 0.3 is 0 Å². The number of amides is 1. The Morgan fingerprint density at radius 3 is 2.36 bits per heavy atom. The molecule has 42 heavy (non-hydrogen) atoms. The van der Waals surface area contributed by atoms with Crippen molar-refractivity contribution in [3.8, 4) is 0 Å². The first-order valence-electron chi connectivity index (χ1n) is 15.9. The van der Waals surface area contributed by atoms with Crippen molar-refractivity contribution >= 4 is 22.6 Å². The maximum absolute atomic E-state index is 13.3. The number of ketones is 1. The Morgan fingerprint density at radius 2 is 1.67 bits per heavy atom. The number of nitrogens with one attached hydrogen (secondary N) is 1. The van der Waals surface area contributed by atoms with Crippen molar-refractivity contribution in [3.05, 3.63) is 35.5 Å². The largest absolute Gasteiger partial charge is 0.379 e. The van der Waals surface area contributed by atoms with Gasteiger partial charge in [-0.25, -0.2) is 10.0 Å². The molecule has 1 saturated heterocycles. The van der Waals surface area contributed by atoms with Gasteiger partial charge in [-0.3, -0.25) is 9.59 Å². The van der Waals surface area contributed by atoms with Gasteiger partial charge in [0, 0.05) is 88.7 Å². The number of benzene rings is 1. The van der Waals surface area contributed by atoms with Gasteiger partial charge in [0.25, 0.3) is 0 Å². The van der Waals surface area contributed by atoms with E-state index < -0.39 is 0 Å². The monoisotopic (exact) mass is 585 g/mol. The molecule has 236 valence electrons. The third-order valence-electron chi connectivity index (χ3n) is 8.95. The van der Waals surface area contributed by atoms with E-state index in [1.807, 2.05) is 18.7 Å². The molecule has 9 nitrogen and oxygen atoms in total. The van der Waals surface area contributed by atoms with E-state index in [9.17, 15) is 9.59 Å². The van der Waals surface area contributed by atoms with Crippen LogP contribution in [-0.4, -0.2) is 97.4 Å². The highest BCUT2D eigenvalue weighted by atomic mass is 16.5. The number of aromatic nitrogens is 1. The number of hydrazine groups is 1. The highest BCUT2D eigenvalue weighted by Gasteiger charge is 2.35. The number of fused-ring (bicyclic) bond motifs is 3. The molecule has 1 amide bonds. The number of likely N-dealkylation sites (tertiary alicyclic amines) is 1. The summed E-state index contributed by atoms with van der Waals surface area (Å²) in [6, 6.07) is 9.43. The molecule has 1 aromatic carbocycles. The highest BCUT2D eigenvalue weighted by Crippen LogP contribution is 2.41. The minimum absolute atomic E-state index is 0. The van der Waals surface area contributed by atoms with Gasteiger partial charge in [-0.2, -0.15) is 0 Å². The number of rotatable bonds is 15. The first-order valence-corrected chi connectivity index (χ1v) is 15.9. The second-order valence-corrected chi connectivity index (χ2v) is 12.6. The minimum Gasteiger partial charge on any atom is -0.379 e. The van der Waals surface area contributed by atoms with Gasteiger partial charge in [0.05, 0.1) is 39.0 Å². The number of carbonyl (C=O) groups excluding carboxylic acids is 2. The minimum atomic E-state index is 0. The van der Waals surface area contributed by atoms with Crippen LogP contribution in [0.1, 0.15) is 72.1 Å². The average molecular weight is 586 g/mol. The molecule has 1 aromatic heterocycles. The second-order valence-electron chi connectivity index (χ2n) is 12.6. The van der Waals surface area contributed by atoms with Gasteiger partial charge in [0.1, 0.15) is 5.78 Å². The number of aryl methyl sites for hydroxylation is 1. The lowest BCUT2D eigenvalue weighted by atomic mass is 9.91. The SMILES string of the molecule is CC(C)C(=O)CCOCCOCCNC1CCN(C(=O)CCn2c3c(c4ccccc42)C(C(C)C)N(C)N(C)C3)CC1.[HH]. The topological polar surface area (TPSA) is 79.3 Å². The van der Waals surface area contributed by atoms with E-state index in [4.69, 9.17) is 9.47 Å². The predicted octanol–water partition coefficient (Wildman–Crippen LogP) is 4.50. The fourth-order valence-electron chi connectivity index (χ4n) is 6.45. The van der Waals surface area contributed by atoms with Crippen molar-refractivity contribution in [1.29, 1.82) is 0 Å². The van der Waals surface area contributed by atoms with Crippen molar-refractivity contribution in [2.75, 3.05) is 60.2 Å². The zero-order valence-corrected chi connectivity index (χ0v) is 26.7. The predicted molar refractivity (Wildman–Crippen MR) is 169 cm³/mol. The summed E-state index contributed by atoms with van der Waals surface area (Å²) in [6.45, 7) is 14.5. The zero-order valence-electron chi connectivity index (χ0n) is 26.7. The van der Waals surface area contributed by atoms with E-state index in [0.717, 1.165) is 39.0 Å². The van der Waals surface area contributed by atoms with E-state index >= 15 is 0 Å². The van der Waals surface area contributed by atoms with Gasteiger partial charge in [-0.05, 0) is 24.8 Å². The van der Waals surface area contributed by atoms with Crippen molar-refractivity contribution < 1.29 is 20.5 Å². The molecule has 1 atom stereocenters. The van der Waals surface area contributed by atoms with E-state index in [-0.39, 0.29) is 19.0 Å². The standard InChI is InChI=1S/C33H53N5O4.H2/c1-24(2)30(39)14-19-41-21-22-42-20-15-34-26-11-16-37(17-12-26)31(40)13-18-38-28-10-8-7-9-27(28)32-29(38)23-35(5)36(6)33(32)25(3)4;/h7-10,24-26,33-34H,11-23H2,1-6H3;1H. The molecule has 0 spiro atoms. The third kappa shape index (κ3) is 7.99. The maximum Gasteiger partial charge on any atom is 0.224 e. The van der Waals surface area contributed by atoms with Gasteiger partial charge in [-0.1, -0.05) is 45.9 Å². The molecule has 4 rings (SSSR count). The number of para-hydroxylation sites is 1. The Kier molecular flexibility index (Phi) is 12.0. The maximum atomic E-state index is 13.3. The molecule has 1 fully saturated rings. The number of ether oxygens (including phenoxy) is 2. The summed E-state index contributed by atoms with van der Waals surface area (Å²) in [4.78, 5) is 26.9. The van der Waals surface area contributed by atoms with Crippen LogP contribution in [0, 0.1) is 11.8 Å². The Morgan fingerprint density at radius 1 is 0.976 bits per heavy atom. The summed E-state index contributed by atoms with van der Waals surface area (Å²) >= 11 is 0. The molecule has 1 unspecified atom stereocenters. The molecule has 3 heterocycles. The average Bonchev–Trinajstić information content (AvgIpc) is 3.27. The van der Waals surface area contributed by atoms with E-state index in [0.29, 0.717) is 63.8 Å². The van der Waals surface area contributed by atoms with E-state index in [2.05, 4.69) is 72.1 Å². The van der Waals surface area contributed by atoms with Crippen LogP contribution < -0.4 is 5.32 Å². The van der Waals surface area contributed by atoms with Crippen LogP contribution in [-0.2, 0) is 32.2 Å². The normalized spacial score (nSPS) is 18.9. The van der Waals surface area contributed by atoms with Gasteiger partial charge < -0.3 is 24.3 Å². The highest BCUT2D eigenvalue weighted by molar-refractivity contribution is 5.87. The lowest BCUT2D eigenvalue weighted by Gasteiger charge is -2.42. The smallest absolute Gasteiger partial charge is 0.224 e. The molecule has 2 aromatic rings. The van der Waals surface area contributed by atoms with Crippen molar-refractivity contribution in [3.63, 3.8) is 0 Å². The van der Waals surface area contributed by atoms with Crippen LogP contribution in [0.5, 0.6) is 0 Å². The first kappa shape index (κ1) is 32.6. The summed E-state index contributed by atoms with van der Waals surface area (Å²) in [5, 5.41) is 9.57. The third-order valence-corrected chi connectivity index (χ3v) is 8.95. The first-order chi connectivity index (χ1) is 20.2. The van der Waals surface area contributed by atoms with Gasteiger partial charge in [0.15, 0.2) is 0 Å². The Hall–Kier alpha value is -2.30. The number of hydrogen-bond donors (Lipinski definition) is 1. The van der Waals surface area contributed by atoms with Gasteiger partial charge in [-0.15, -0.1) is 0 Å². The molecule has 2 aliphatic rings. The fourth-order valence-corrected chi connectivity index (χ4v) is 6.45. The van der Waals surface area contributed by atoms with Crippen LogP contribution >= 0.6 is 0 Å². The summed E-state index contributed by atoms with van der Waals surface area (Å²) in [6.07, 6.45) is 2.93.